The number of nitrogens with zero attached hydrogens (tertiary/aromatic N) is 2. The Bertz CT molecular complexity index is 1420. The van der Waals surface area contributed by atoms with Crippen molar-refractivity contribution in [1.82, 2.24) is 10.3 Å². The Labute approximate surface area is 213 Å². The second-order valence-corrected chi connectivity index (χ2v) is 8.55. The first-order valence-electron chi connectivity index (χ1n) is 11.2. The van der Waals surface area contributed by atoms with Gasteiger partial charge in [0.1, 0.15) is 0 Å². The summed E-state index contributed by atoms with van der Waals surface area (Å²) in [5.41, 5.74) is -0.628. The Morgan fingerprint density at radius 3 is 2.03 bits per heavy atom. The van der Waals surface area contributed by atoms with Crippen LogP contribution in [0.1, 0.15) is 27.2 Å². The Kier molecular flexibility index (Phi) is 7.21. The number of halogens is 6. The average molecular weight is 533 g/mol. The van der Waals surface area contributed by atoms with Crippen LogP contribution in [0.3, 0.4) is 0 Å². The van der Waals surface area contributed by atoms with Gasteiger partial charge in [0.15, 0.2) is 11.5 Å². The number of anilines is 1. The molecule has 38 heavy (non-hydrogen) atoms. The first-order valence-corrected chi connectivity index (χ1v) is 11.2. The lowest BCUT2D eigenvalue weighted by atomic mass is 10.1. The molecule has 0 saturated heterocycles. The van der Waals surface area contributed by atoms with Crippen LogP contribution in [-0.2, 0) is 18.9 Å². The van der Waals surface area contributed by atoms with E-state index in [9.17, 15) is 31.1 Å². The van der Waals surface area contributed by atoms with E-state index in [0.29, 0.717) is 5.56 Å². The normalized spacial score (nSPS) is 11.9. The minimum Gasteiger partial charge on any atom is -0.435 e. The molecule has 0 unspecified atom stereocenters. The van der Waals surface area contributed by atoms with Gasteiger partial charge in [0.05, 0.1) is 11.1 Å². The van der Waals surface area contributed by atoms with Gasteiger partial charge in [-0.3, -0.25) is 4.79 Å². The molecular weight excluding hydrogens is 512 g/mol. The van der Waals surface area contributed by atoms with E-state index in [1.54, 1.807) is 24.3 Å². The van der Waals surface area contributed by atoms with Crippen LogP contribution in [0, 0.1) is 0 Å². The van der Waals surface area contributed by atoms with Crippen molar-refractivity contribution in [1.29, 1.82) is 0 Å². The summed E-state index contributed by atoms with van der Waals surface area (Å²) in [4.78, 5) is 19.2. The fourth-order valence-corrected chi connectivity index (χ4v) is 3.72. The van der Waals surface area contributed by atoms with Crippen LogP contribution in [0.25, 0.3) is 22.8 Å². The largest absolute Gasteiger partial charge is 0.435 e. The number of carbonyl (C=O) groups is 1. The lowest BCUT2D eigenvalue weighted by Crippen LogP contribution is -2.25. The van der Waals surface area contributed by atoms with Crippen molar-refractivity contribution in [3.05, 3.63) is 95.2 Å². The van der Waals surface area contributed by atoms with E-state index in [-0.39, 0.29) is 28.5 Å². The smallest absolute Gasteiger partial charge is 0.416 e. The zero-order valence-corrected chi connectivity index (χ0v) is 20.1. The molecule has 198 valence electrons. The number of amides is 1. The van der Waals surface area contributed by atoms with Crippen LogP contribution < -0.4 is 10.2 Å². The lowest BCUT2D eigenvalue weighted by molar-refractivity contribution is -0.138. The first kappa shape index (κ1) is 26.8. The highest BCUT2D eigenvalue weighted by atomic mass is 19.4. The Morgan fingerprint density at radius 1 is 0.842 bits per heavy atom. The first-order chi connectivity index (χ1) is 17.8. The van der Waals surface area contributed by atoms with Gasteiger partial charge in [0.25, 0.3) is 5.91 Å². The Balaban J connectivity index is 1.69. The maximum Gasteiger partial charge on any atom is 0.416 e. The van der Waals surface area contributed by atoms with Gasteiger partial charge in [-0.2, -0.15) is 26.3 Å². The van der Waals surface area contributed by atoms with E-state index in [2.05, 4.69) is 10.3 Å². The highest BCUT2D eigenvalue weighted by molar-refractivity contribution is 5.98. The zero-order valence-electron chi connectivity index (χ0n) is 20.1. The molecule has 0 aliphatic heterocycles. The molecule has 1 amide bonds. The van der Waals surface area contributed by atoms with E-state index >= 15 is 0 Å². The number of alkyl halides is 6. The number of benzene rings is 3. The molecule has 0 aliphatic rings. The molecule has 1 heterocycles. The summed E-state index contributed by atoms with van der Waals surface area (Å²) in [5.74, 6) is -0.909. The van der Waals surface area contributed by atoms with Gasteiger partial charge in [-0.05, 0) is 60.2 Å². The van der Waals surface area contributed by atoms with Crippen LogP contribution in [0.2, 0.25) is 0 Å². The van der Waals surface area contributed by atoms with Crippen LogP contribution in [0.4, 0.5) is 32.0 Å². The number of nitrogens with one attached hydrogen (secondary N) is 1. The number of aromatic nitrogens is 1. The number of carbonyl (C=O) groups excluding carboxylic acids is 1. The molecule has 4 aromatic rings. The van der Waals surface area contributed by atoms with Crippen molar-refractivity contribution >= 4 is 11.6 Å². The fourth-order valence-electron chi connectivity index (χ4n) is 3.72. The molecule has 3 aromatic carbocycles. The monoisotopic (exact) mass is 533 g/mol. The summed E-state index contributed by atoms with van der Waals surface area (Å²) in [6, 6.07) is 15.7. The Hall–Kier alpha value is -4.28. The molecule has 4 rings (SSSR count). The van der Waals surface area contributed by atoms with E-state index in [1.807, 2.05) is 19.0 Å². The number of rotatable bonds is 6. The molecule has 11 heteroatoms. The van der Waals surface area contributed by atoms with Crippen LogP contribution in [0.15, 0.2) is 77.2 Å². The molecule has 0 fully saturated rings. The lowest BCUT2D eigenvalue weighted by Gasteiger charge is -2.13. The van der Waals surface area contributed by atoms with Gasteiger partial charge >= 0.3 is 12.4 Å². The topological polar surface area (TPSA) is 58.4 Å². The van der Waals surface area contributed by atoms with Crippen molar-refractivity contribution in [2.24, 2.45) is 0 Å². The maximum atomic E-state index is 13.3. The molecule has 0 aliphatic carbocycles. The van der Waals surface area contributed by atoms with Crippen molar-refractivity contribution in [2.75, 3.05) is 19.0 Å². The molecular formula is C27H21F6N3O2. The zero-order chi connectivity index (χ0) is 27.7. The van der Waals surface area contributed by atoms with Gasteiger partial charge < -0.3 is 14.6 Å². The van der Waals surface area contributed by atoms with Crippen LogP contribution in [0.5, 0.6) is 0 Å². The molecule has 0 spiro atoms. The molecule has 1 N–H and O–H groups in total. The van der Waals surface area contributed by atoms with Crippen LogP contribution >= 0.6 is 0 Å². The van der Waals surface area contributed by atoms with Crippen molar-refractivity contribution in [3.8, 4) is 22.8 Å². The predicted molar refractivity (Wildman–Crippen MR) is 129 cm³/mol. The highest BCUT2D eigenvalue weighted by Crippen LogP contribution is 2.35. The molecule has 0 radical (unpaired) electrons. The number of oxazole rings is 1. The molecule has 0 saturated carbocycles. The van der Waals surface area contributed by atoms with Crippen LogP contribution in [-0.4, -0.2) is 25.0 Å². The van der Waals surface area contributed by atoms with E-state index in [0.717, 1.165) is 36.0 Å². The van der Waals surface area contributed by atoms with Gasteiger partial charge in [-0.15, -0.1) is 0 Å². The molecule has 5 nitrogen and oxygen atoms in total. The minimum absolute atomic E-state index is 0.0202. The van der Waals surface area contributed by atoms with E-state index in [4.69, 9.17) is 4.42 Å². The SMILES string of the molecule is CN(C)c1ccc(-c2oc(-c3ccc(C(F)(F)F)cc3)nc2C(=O)NCc2ccccc2C(F)(F)F)cc1. The van der Waals surface area contributed by atoms with Gasteiger partial charge in [0.2, 0.25) is 5.89 Å². The summed E-state index contributed by atoms with van der Waals surface area (Å²) in [7, 11) is 3.67. The molecule has 1 aromatic heterocycles. The third-order valence-corrected chi connectivity index (χ3v) is 5.71. The standard InChI is InChI=1S/C27H21F6N3O2/c1-36(2)20-13-9-16(10-14-20)23-22(24(37)34-15-18-5-3-4-6-21(18)27(31,32)33)35-25(38-23)17-7-11-19(12-8-17)26(28,29)30/h3-14H,15H2,1-2H3,(H,34,37). The number of hydrogen-bond donors (Lipinski definition) is 1. The average Bonchev–Trinajstić information content (AvgIpc) is 3.32. The maximum absolute atomic E-state index is 13.3. The second-order valence-electron chi connectivity index (χ2n) is 8.55. The minimum atomic E-state index is -4.61. The summed E-state index contributed by atoms with van der Waals surface area (Å²) < 4.78 is 84.8. The van der Waals surface area contributed by atoms with Gasteiger partial charge in [-0.25, -0.2) is 4.98 Å². The summed E-state index contributed by atoms with van der Waals surface area (Å²) in [6.45, 7) is -0.435. The fraction of sp³-hybridized carbons (Fsp3) is 0.185. The highest BCUT2D eigenvalue weighted by Gasteiger charge is 2.33. The van der Waals surface area contributed by atoms with E-state index < -0.39 is 35.9 Å². The summed E-state index contributed by atoms with van der Waals surface area (Å²) >= 11 is 0. The van der Waals surface area contributed by atoms with Crippen molar-refractivity contribution in [3.63, 3.8) is 0 Å². The van der Waals surface area contributed by atoms with Gasteiger partial charge in [0, 0.05) is 37.5 Å². The third kappa shape index (κ3) is 5.82. The summed E-state index contributed by atoms with van der Waals surface area (Å²) in [6.07, 6.45) is -9.14. The van der Waals surface area contributed by atoms with Crippen molar-refractivity contribution < 1.29 is 35.6 Å². The van der Waals surface area contributed by atoms with Crippen molar-refractivity contribution in [2.45, 2.75) is 18.9 Å². The second kappa shape index (κ2) is 10.2. The predicted octanol–water partition coefficient (Wildman–Crippen LogP) is 7.04. The Morgan fingerprint density at radius 2 is 1.45 bits per heavy atom. The molecule has 0 atom stereocenters. The van der Waals surface area contributed by atoms with Gasteiger partial charge in [-0.1, -0.05) is 18.2 Å². The molecule has 0 bridgehead atoms. The quantitative estimate of drug-likeness (QED) is 0.270. The number of hydrogen-bond acceptors (Lipinski definition) is 4. The van der Waals surface area contributed by atoms with E-state index in [1.165, 1.54) is 18.2 Å². The summed E-state index contributed by atoms with van der Waals surface area (Å²) in [5, 5.41) is 2.44. The third-order valence-electron chi connectivity index (χ3n) is 5.71.